The number of nitrogens with two attached hydrogens (primary N) is 1. The zero-order valence-corrected chi connectivity index (χ0v) is 13.3. The van der Waals surface area contributed by atoms with E-state index < -0.39 is 0 Å². The Hall–Kier alpha value is -2.11. The first kappa shape index (κ1) is 15.8. The van der Waals surface area contributed by atoms with Gasteiger partial charge in [-0.1, -0.05) is 18.2 Å². The van der Waals surface area contributed by atoms with Gasteiger partial charge in [-0.3, -0.25) is 9.69 Å². The zero-order valence-electron chi connectivity index (χ0n) is 13.3. The molecule has 1 atom stereocenters. The van der Waals surface area contributed by atoms with Crippen molar-refractivity contribution in [1.82, 2.24) is 4.90 Å². The fourth-order valence-electron chi connectivity index (χ4n) is 2.95. The Kier molecular flexibility index (Phi) is 4.79. The van der Waals surface area contributed by atoms with Crippen LogP contribution in [0.15, 0.2) is 36.4 Å². The average Bonchev–Trinajstić information content (AvgIpc) is 2.59. The van der Waals surface area contributed by atoms with Crippen LogP contribution in [0.25, 0.3) is 10.8 Å². The molecule has 5 nitrogen and oxygen atoms in total. The van der Waals surface area contributed by atoms with Crippen molar-refractivity contribution in [3.8, 4) is 5.75 Å². The summed E-state index contributed by atoms with van der Waals surface area (Å²) in [4.78, 5) is 13.2. The van der Waals surface area contributed by atoms with E-state index in [2.05, 4.69) is 29.2 Å². The number of ether oxygens (including phenoxy) is 2. The summed E-state index contributed by atoms with van der Waals surface area (Å²) in [6, 6.07) is 12.4. The number of hydrogen-bond donors (Lipinski definition) is 1. The highest BCUT2D eigenvalue weighted by atomic mass is 16.5. The summed E-state index contributed by atoms with van der Waals surface area (Å²) in [6.07, 6.45) is 0.424. The molecule has 0 bridgehead atoms. The smallest absolute Gasteiger partial charge is 0.218 e. The number of carbonyl (C=O) groups is 1. The van der Waals surface area contributed by atoms with E-state index in [1.807, 2.05) is 12.1 Å². The van der Waals surface area contributed by atoms with E-state index >= 15 is 0 Å². The largest absolute Gasteiger partial charge is 0.497 e. The average molecular weight is 314 g/mol. The Bertz CT molecular complexity index is 702. The topological polar surface area (TPSA) is 64.8 Å². The minimum absolute atomic E-state index is 0.0307. The van der Waals surface area contributed by atoms with Crippen LogP contribution in [0.1, 0.15) is 18.1 Å². The molecule has 2 aromatic rings. The van der Waals surface area contributed by atoms with E-state index in [1.54, 1.807) is 7.11 Å². The van der Waals surface area contributed by atoms with Crippen molar-refractivity contribution >= 4 is 16.7 Å². The lowest BCUT2D eigenvalue weighted by atomic mass is 10.0. The molecule has 122 valence electrons. The third-order valence-electron chi connectivity index (χ3n) is 4.27. The summed E-state index contributed by atoms with van der Waals surface area (Å²) in [5, 5.41) is 2.32. The molecule has 1 fully saturated rings. The number of nitrogens with zero attached hydrogens (tertiary/aromatic N) is 1. The number of methoxy groups -OCH3 is 1. The van der Waals surface area contributed by atoms with Crippen molar-refractivity contribution in [2.45, 2.75) is 12.5 Å². The van der Waals surface area contributed by atoms with Gasteiger partial charge in [-0.25, -0.2) is 0 Å². The summed E-state index contributed by atoms with van der Waals surface area (Å²) in [7, 11) is 1.67. The van der Waals surface area contributed by atoms with Gasteiger partial charge >= 0.3 is 0 Å². The molecular weight excluding hydrogens is 292 g/mol. The summed E-state index contributed by atoms with van der Waals surface area (Å²) in [5.41, 5.74) is 6.39. The fraction of sp³-hybridized carbons (Fsp3) is 0.389. The van der Waals surface area contributed by atoms with Crippen LogP contribution >= 0.6 is 0 Å². The molecule has 23 heavy (non-hydrogen) atoms. The number of hydrogen-bond acceptors (Lipinski definition) is 4. The number of rotatable bonds is 5. The normalized spacial score (nSPS) is 18.9. The Morgan fingerprint density at radius 1 is 1.30 bits per heavy atom. The van der Waals surface area contributed by atoms with E-state index in [0.717, 1.165) is 29.8 Å². The molecule has 1 heterocycles. The van der Waals surface area contributed by atoms with Gasteiger partial charge in [-0.05, 0) is 34.5 Å². The molecule has 1 aliphatic heterocycles. The molecule has 0 spiro atoms. The number of benzene rings is 2. The highest BCUT2D eigenvalue weighted by Gasteiger charge is 2.22. The Labute approximate surface area is 136 Å². The maximum absolute atomic E-state index is 10.9. The highest BCUT2D eigenvalue weighted by Crippen LogP contribution is 2.27. The SMILES string of the molecule is COc1ccc2cc(C3CN(CCC(N)=O)CCO3)ccc2c1. The summed E-state index contributed by atoms with van der Waals surface area (Å²) < 4.78 is 11.2. The summed E-state index contributed by atoms with van der Waals surface area (Å²) >= 11 is 0. The van der Waals surface area contributed by atoms with Gasteiger partial charge in [-0.15, -0.1) is 0 Å². The lowest BCUT2D eigenvalue weighted by Crippen LogP contribution is -2.39. The van der Waals surface area contributed by atoms with E-state index in [4.69, 9.17) is 15.2 Å². The first-order chi connectivity index (χ1) is 11.2. The predicted octanol–water partition coefficient (Wildman–Crippen LogP) is 2.10. The van der Waals surface area contributed by atoms with Gasteiger partial charge in [0.2, 0.25) is 5.91 Å². The molecule has 2 N–H and O–H groups in total. The molecular formula is C18H22N2O3. The monoisotopic (exact) mass is 314 g/mol. The predicted molar refractivity (Wildman–Crippen MR) is 89.4 cm³/mol. The highest BCUT2D eigenvalue weighted by molar-refractivity contribution is 5.84. The van der Waals surface area contributed by atoms with Crippen molar-refractivity contribution in [2.24, 2.45) is 5.73 Å². The van der Waals surface area contributed by atoms with Crippen molar-refractivity contribution in [1.29, 1.82) is 0 Å². The van der Waals surface area contributed by atoms with Gasteiger partial charge < -0.3 is 15.2 Å². The van der Waals surface area contributed by atoms with Crippen LogP contribution in [0.3, 0.4) is 0 Å². The Morgan fingerprint density at radius 2 is 2.09 bits per heavy atom. The van der Waals surface area contributed by atoms with E-state index in [-0.39, 0.29) is 12.0 Å². The standard InChI is InChI=1S/C18H22N2O3/c1-22-16-5-4-13-10-15(3-2-14(13)11-16)17-12-20(8-9-23-17)7-6-18(19)21/h2-5,10-11,17H,6-9,12H2,1H3,(H2,19,21). The number of carbonyl (C=O) groups excluding carboxylic acids is 1. The molecule has 1 aliphatic rings. The zero-order chi connectivity index (χ0) is 16.2. The molecule has 5 heteroatoms. The second-order valence-corrected chi connectivity index (χ2v) is 5.85. The molecule has 0 radical (unpaired) electrons. The molecule has 1 amide bonds. The Morgan fingerprint density at radius 3 is 2.87 bits per heavy atom. The minimum Gasteiger partial charge on any atom is -0.497 e. The van der Waals surface area contributed by atoms with Crippen LogP contribution in [0.5, 0.6) is 5.75 Å². The van der Waals surface area contributed by atoms with Gasteiger partial charge in [0.25, 0.3) is 0 Å². The number of morpholine rings is 1. The van der Waals surface area contributed by atoms with Gasteiger partial charge in [0.15, 0.2) is 0 Å². The van der Waals surface area contributed by atoms with Crippen LogP contribution in [0.4, 0.5) is 0 Å². The maximum Gasteiger partial charge on any atom is 0.218 e. The maximum atomic E-state index is 10.9. The molecule has 0 saturated carbocycles. The van der Waals surface area contributed by atoms with Gasteiger partial charge in [0.1, 0.15) is 5.75 Å². The van der Waals surface area contributed by atoms with Gasteiger partial charge in [0.05, 0.1) is 19.8 Å². The lowest BCUT2D eigenvalue weighted by molar-refractivity contribution is -0.118. The minimum atomic E-state index is -0.257. The van der Waals surface area contributed by atoms with Crippen molar-refractivity contribution in [3.63, 3.8) is 0 Å². The molecule has 0 aliphatic carbocycles. The van der Waals surface area contributed by atoms with Crippen LogP contribution < -0.4 is 10.5 Å². The van der Waals surface area contributed by atoms with Crippen molar-refractivity contribution in [2.75, 3.05) is 33.4 Å². The number of primary amides is 1. The van der Waals surface area contributed by atoms with Gasteiger partial charge in [0, 0.05) is 26.1 Å². The van der Waals surface area contributed by atoms with Crippen LogP contribution in [-0.2, 0) is 9.53 Å². The quantitative estimate of drug-likeness (QED) is 0.918. The van der Waals surface area contributed by atoms with Crippen molar-refractivity contribution < 1.29 is 14.3 Å². The van der Waals surface area contributed by atoms with E-state index in [1.165, 1.54) is 5.39 Å². The van der Waals surface area contributed by atoms with E-state index in [9.17, 15) is 4.79 Å². The fourth-order valence-corrected chi connectivity index (χ4v) is 2.95. The van der Waals surface area contributed by atoms with Crippen LogP contribution in [0.2, 0.25) is 0 Å². The van der Waals surface area contributed by atoms with Crippen LogP contribution in [0, 0.1) is 0 Å². The summed E-state index contributed by atoms with van der Waals surface area (Å²) in [6.45, 7) is 2.99. The number of amides is 1. The number of fused-ring (bicyclic) bond motifs is 1. The van der Waals surface area contributed by atoms with Crippen molar-refractivity contribution in [3.05, 3.63) is 42.0 Å². The first-order valence-corrected chi connectivity index (χ1v) is 7.85. The summed E-state index contributed by atoms with van der Waals surface area (Å²) in [5.74, 6) is 0.601. The molecule has 1 unspecified atom stereocenters. The molecule has 3 rings (SSSR count). The molecule has 1 saturated heterocycles. The first-order valence-electron chi connectivity index (χ1n) is 7.85. The molecule has 0 aromatic heterocycles. The van der Waals surface area contributed by atoms with Gasteiger partial charge in [-0.2, -0.15) is 0 Å². The lowest BCUT2D eigenvalue weighted by Gasteiger charge is -2.33. The third-order valence-corrected chi connectivity index (χ3v) is 4.27. The molecule has 2 aromatic carbocycles. The van der Waals surface area contributed by atoms with Crippen LogP contribution in [-0.4, -0.2) is 44.2 Å². The second kappa shape index (κ2) is 6.98. The third kappa shape index (κ3) is 3.81. The van der Waals surface area contributed by atoms with E-state index in [0.29, 0.717) is 19.6 Å². The Balaban J connectivity index is 1.75. The second-order valence-electron chi connectivity index (χ2n) is 5.85.